The zero-order valence-electron chi connectivity index (χ0n) is 18.0. The molecular weight excluding hydrogens is 376 g/mol. The third-order valence-corrected chi connectivity index (χ3v) is 6.00. The third kappa shape index (κ3) is 4.66. The number of rotatable bonds is 10. The summed E-state index contributed by atoms with van der Waals surface area (Å²) >= 11 is 0. The van der Waals surface area contributed by atoms with Crippen LogP contribution in [-0.4, -0.2) is 33.4 Å². The van der Waals surface area contributed by atoms with Crippen molar-refractivity contribution in [2.24, 2.45) is 5.92 Å². The quantitative estimate of drug-likeness (QED) is 0.483. The lowest BCUT2D eigenvalue weighted by Gasteiger charge is -2.25. The Morgan fingerprint density at radius 2 is 2.13 bits per heavy atom. The Hall–Kier alpha value is -2.83. The number of aromatic nitrogens is 4. The number of methoxy groups -OCH3 is 1. The maximum absolute atomic E-state index is 5.90. The maximum atomic E-state index is 5.90. The van der Waals surface area contributed by atoms with Gasteiger partial charge >= 0.3 is 0 Å². The first-order valence-electron chi connectivity index (χ1n) is 11.1. The highest BCUT2D eigenvalue weighted by molar-refractivity contribution is 5.85. The SMILES string of the molecule is CCCCNc1nc(N)nc2cn(Cc3ccc(CCC4CCC4)cc3OC)nc12. The average Bonchev–Trinajstić information content (AvgIpc) is 3.10. The predicted molar refractivity (Wildman–Crippen MR) is 121 cm³/mol. The minimum Gasteiger partial charge on any atom is -0.496 e. The van der Waals surface area contributed by atoms with Gasteiger partial charge in [0, 0.05) is 12.1 Å². The molecule has 7 heteroatoms. The standard InChI is InChI=1S/C23H32N6O/c1-3-4-12-25-22-21-19(26-23(24)27-22)15-29(28-21)14-18-11-10-17(13-20(18)30-2)9-8-16-6-5-7-16/h10-11,13,15-16H,3-9,12,14H2,1-2H3,(H3,24,25,26,27). The van der Waals surface area contributed by atoms with E-state index >= 15 is 0 Å². The largest absolute Gasteiger partial charge is 0.496 e. The number of nitrogen functional groups attached to an aromatic ring is 1. The molecule has 0 aliphatic heterocycles. The van der Waals surface area contributed by atoms with E-state index in [2.05, 4.69) is 40.4 Å². The average molecular weight is 409 g/mol. The fraction of sp³-hybridized carbons (Fsp3) is 0.522. The van der Waals surface area contributed by atoms with Gasteiger partial charge in [-0.15, -0.1) is 0 Å². The molecule has 30 heavy (non-hydrogen) atoms. The van der Waals surface area contributed by atoms with Crippen LogP contribution < -0.4 is 15.8 Å². The van der Waals surface area contributed by atoms with Crippen LogP contribution in [0.15, 0.2) is 24.4 Å². The first-order chi connectivity index (χ1) is 14.7. The van der Waals surface area contributed by atoms with E-state index in [1.807, 2.05) is 10.9 Å². The van der Waals surface area contributed by atoms with Gasteiger partial charge in [-0.25, -0.2) is 4.98 Å². The van der Waals surface area contributed by atoms with Gasteiger partial charge in [-0.2, -0.15) is 10.1 Å². The summed E-state index contributed by atoms with van der Waals surface area (Å²) in [5.74, 6) is 2.78. The van der Waals surface area contributed by atoms with Gasteiger partial charge in [-0.3, -0.25) is 4.68 Å². The van der Waals surface area contributed by atoms with Crippen molar-refractivity contribution in [3.8, 4) is 5.75 Å². The van der Waals surface area contributed by atoms with Crippen molar-refractivity contribution in [1.29, 1.82) is 0 Å². The number of nitrogens with one attached hydrogen (secondary N) is 1. The van der Waals surface area contributed by atoms with Crippen molar-refractivity contribution < 1.29 is 4.74 Å². The Bertz CT molecular complexity index is 995. The number of unbranched alkanes of at least 4 members (excludes halogenated alkanes) is 1. The van der Waals surface area contributed by atoms with Crippen LogP contribution in [0.5, 0.6) is 5.75 Å². The van der Waals surface area contributed by atoms with Crippen molar-refractivity contribution in [3.05, 3.63) is 35.5 Å². The molecular formula is C23H32N6O. The molecule has 3 aromatic rings. The number of hydrogen-bond donors (Lipinski definition) is 2. The maximum Gasteiger partial charge on any atom is 0.222 e. The molecule has 1 aliphatic carbocycles. The van der Waals surface area contributed by atoms with Gasteiger partial charge in [0.05, 0.1) is 19.9 Å². The van der Waals surface area contributed by atoms with E-state index in [0.29, 0.717) is 12.4 Å². The Labute approximate surface area is 178 Å². The molecule has 1 saturated carbocycles. The minimum atomic E-state index is 0.259. The molecule has 160 valence electrons. The van der Waals surface area contributed by atoms with E-state index in [1.165, 1.54) is 31.2 Å². The number of fused-ring (bicyclic) bond motifs is 1. The molecule has 1 fully saturated rings. The fourth-order valence-corrected chi connectivity index (χ4v) is 3.97. The number of nitrogens with zero attached hydrogens (tertiary/aromatic N) is 4. The van der Waals surface area contributed by atoms with Gasteiger partial charge in [-0.05, 0) is 36.8 Å². The van der Waals surface area contributed by atoms with Gasteiger partial charge in [-0.1, -0.05) is 44.7 Å². The Kier molecular flexibility index (Phi) is 6.35. The highest BCUT2D eigenvalue weighted by Crippen LogP contribution is 2.31. The number of nitrogens with two attached hydrogens (primary N) is 1. The Morgan fingerprint density at radius 3 is 2.87 bits per heavy atom. The van der Waals surface area contributed by atoms with E-state index in [-0.39, 0.29) is 5.95 Å². The van der Waals surface area contributed by atoms with E-state index < -0.39 is 0 Å². The summed E-state index contributed by atoms with van der Waals surface area (Å²) in [5.41, 5.74) is 9.83. The highest BCUT2D eigenvalue weighted by atomic mass is 16.5. The van der Waals surface area contributed by atoms with Crippen LogP contribution in [0.2, 0.25) is 0 Å². The van der Waals surface area contributed by atoms with Crippen LogP contribution in [0.25, 0.3) is 11.0 Å². The summed E-state index contributed by atoms with van der Waals surface area (Å²) in [5, 5.41) is 8.06. The van der Waals surface area contributed by atoms with Crippen molar-refractivity contribution in [2.75, 3.05) is 24.7 Å². The second kappa shape index (κ2) is 9.32. The number of ether oxygens (including phenoxy) is 1. The lowest BCUT2D eigenvalue weighted by Crippen LogP contribution is -2.11. The molecule has 0 bridgehead atoms. The van der Waals surface area contributed by atoms with E-state index in [4.69, 9.17) is 15.6 Å². The van der Waals surface area contributed by atoms with E-state index in [9.17, 15) is 0 Å². The predicted octanol–water partition coefficient (Wildman–Crippen LogP) is 4.41. The summed E-state index contributed by atoms with van der Waals surface area (Å²) in [7, 11) is 1.73. The van der Waals surface area contributed by atoms with Crippen LogP contribution in [0.1, 0.15) is 56.6 Å². The molecule has 7 nitrogen and oxygen atoms in total. The van der Waals surface area contributed by atoms with Crippen LogP contribution in [0, 0.1) is 5.92 Å². The van der Waals surface area contributed by atoms with Crippen molar-refractivity contribution in [2.45, 2.75) is 58.4 Å². The van der Waals surface area contributed by atoms with Gasteiger partial charge in [0.2, 0.25) is 5.95 Å². The van der Waals surface area contributed by atoms with Crippen LogP contribution in [-0.2, 0) is 13.0 Å². The first-order valence-corrected chi connectivity index (χ1v) is 11.1. The third-order valence-electron chi connectivity index (χ3n) is 6.00. The molecule has 2 aromatic heterocycles. The normalized spacial score (nSPS) is 14.1. The molecule has 0 atom stereocenters. The Balaban J connectivity index is 1.52. The summed E-state index contributed by atoms with van der Waals surface area (Å²) in [4.78, 5) is 8.69. The first kappa shape index (κ1) is 20.4. The molecule has 4 rings (SSSR count). The molecule has 3 N–H and O–H groups in total. The van der Waals surface area contributed by atoms with Crippen molar-refractivity contribution in [1.82, 2.24) is 19.7 Å². The number of anilines is 2. The molecule has 0 radical (unpaired) electrons. The lowest BCUT2D eigenvalue weighted by atomic mass is 9.81. The van der Waals surface area contributed by atoms with Gasteiger partial charge in [0.15, 0.2) is 11.3 Å². The molecule has 1 aromatic carbocycles. The van der Waals surface area contributed by atoms with E-state index in [0.717, 1.165) is 54.1 Å². The highest BCUT2D eigenvalue weighted by Gasteiger charge is 2.17. The zero-order valence-corrected chi connectivity index (χ0v) is 18.0. The monoisotopic (exact) mass is 408 g/mol. The topological polar surface area (TPSA) is 90.9 Å². The number of benzene rings is 1. The fourth-order valence-electron chi connectivity index (χ4n) is 3.97. The summed E-state index contributed by atoms with van der Waals surface area (Å²) < 4.78 is 7.57. The molecule has 0 saturated heterocycles. The van der Waals surface area contributed by atoms with Crippen LogP contribution in [0.3, 0.4) is 0 Å². The zero-order chi connectivity index (χ0) is 20.9. The second-order valence-corrected chi connectivity index (χ2v) is 8.25. The number of hydrogen-bond acceptors (Lipinski definition) is 6. The molecule has 0 amide bonds. The minimum absolute atomic E-state index is 0.259. The van der Waals surface area contributed by atoms with Crippen LogP contribution in [0.4, 0.5) is 11.8 Å². The summed E-state index contributed by atoms with van der Waals surface area (Å²) in [6.07, 6.45) is 10.7. The van der Waals surface area contributed by atoms with Crippen molar-refractivity contribution in [3.63, 3.8) is 0 Å². The summed E-state index contributed by atoms with van der Waals surface area (Å²) in [6.45, 7) is 3.61. The smallest absolute Gasteiger partial charge is 0.222 e. The van der Waals surface area contributed by atoms with Gasteiger partial charge in [0.1, 0.15) is 11.3 Å². The van der Waals surface area contributed by atoms with Crippen molar-refractivity contribution >= 4 is 22.8 Å². The molecule has 1 aliphatic rings. The second-order valence-electron chi connectivity index (χ2n) is 8.25. The number of aryl methyl sites for hydroxylation is 1. The van der Waals surface area contributed by atoms with Gasteiger partial charge in [0.25, 0.3) is 0 Å². The summed E-state index contributed by atoms with van der Waals surface area (Å²) in [6, 6.07) is 6.55. The molecule has 0 spiro atoms. The lowest BCUT2D eigenvalue weighted by molar-refractivity contribution is 0.296. The Morgan fingerprint density at radius 1 is 1.27 bits per heavy atom. The van der Waals surface area contributed by atoms with Crippen LogP contribution >= 0.6 is 0 Å². The molecule has 0 unspecified atom stereocenters. The van der Waals surface area contributed by atoms with Gasteiger partial charge < -0.3 is 15.8 Å². The molecule has 2 heterocycles. The van der Waals surface area contributed by atoms with E-state index in [1.54, 1.807) is 7.11 Å².